The first-order chi connectivity index (χ1) is 13.6. The molecule has 0 radical (unpaired) electrons. The topological polar surface area (TPSA) is 124 Å². The Bertz CT molecular complexity index is 1060. The van der Waals surface area contributed by atoms with Crippen LogP contribution < -0.4 is 4.74 Å². The number of halogens is 2. The van der Waals surface area contributed by atoms with E-state index in [-0.39, 0.29) is 17.9 Å². The number of sulfonamides is 1. The fraction of sp³-hybridized carbons (Fsp3) is 0.333. The number of nitrogens with zero attached hydrogens (tertiary/aromatic N) is 3. The fourth-order valence-electron chi connectivity index (χ4n) is 2.99. The number of benzene rings is 1. The Balaban J connectivity index is 1.90. The molecule has 3 atom stereocenters. The highest BCUT2D eigenvalue weighted by molar-refractivity contribution is 7.89. The number of β-amino-alcohol motifs (C(OH)–C–C–N with tert-alkyl or cyclic N) is 1. The molecule has 0 spiro atoms. The molecule has 154 valence electrons. The number of hydrogen-bond acceptors (Lipinski definition) is 7. The fourth-order valence-corrected chi connectivity index (χ4v) is 4.39. The number of ether oxygens (including phenoxy) is 1. The number of aliphatic hydroxyl groups is 2. The SMILES string of the molecule is C[C@@H](O)[C@]1(O)CN(S(=O)(=O)c2ccc(F)cn2)C[C@@H]1Oc1ccc(C#N)c(F)c1. The summed E-state index contributed by atoms with van der Waals surface area (Å²) in [6, 6.07) is 6.98. The Labute approximate surface area is 165 Å². The Morgan fingerprint density at radius 3 is 2.66 bits per heavy atom. The Kier molecular flexibility index (Phi) is 5.55. The van der Waals surface area contributed by atoms with Crippen LogP contribution in [0.4, 0.5) is 8.78 Å². The number of pyridine rings is 1. The molecule has 3 rings (SSSR count). The van der Waals surface area contributed by atoms with E-state index in [1.165, 1.54) is 19.1 Å². The van der Waals surface area contributed by atoms with Crippen LogP contribution in [0.15, 0.2) is 41.6 Å². The standard InChI is InChI=1S/C18H17F2N3O5S/c1-11(24)18(25)10-23(29(26,27)17-5-3-13(19)8-22-17)9-16(18)28-14-4-2-12(7-21)15(20)6-14/h2-6,8,11,16,24-25H,9-10H2,1H3/t11-,16+,18-/m1/s1. The molecule has 29 heavy (non-hydrogen) atoms. The second kappa shape index (κ2) is 7.64. The van der Waals surface area contributed by atoms with Crippen molar-refractivity contribution in [3.63, 3.8) is 0 Å². The van der Waals surface area contributed by atoms with Gasteiger partial charge in [0.05, 0.1) is 24.4 Å². The molecular weight excluding hydrogens is 408 g/mol. The normalized spacial score (nSPS) is 23.5. The first-order valence-corrected chi connectivity index (χ1v) is 9.90. The van der Waals surface area contributed by atoms with Gasteiger partial charge < -0.3 is 14.9 Å². The van der Waals surface area contributed by atoms with Crippen LogP contribution in [-0.2, 0) is 10.0 Å². The van der Waals surface area contributed by atoms with E-state index in [9.17, 15) is 27.4 Å². The third-order valence-corrected chi connectivity index (χ3v) is 6.45. The number of nitriles is 1. The molecule has 1 aromatic heterocycles. The third-order valence-electron chi connectivity index (χ3n) is 4.72. The lowest BCUT2D eigenvalue weighted by molar-refractivity contribution is -0.104. The van der Waals surface area contributed by atoms with Crippen LogP contribution in [0.5, 0.6) is 5.75 Å². The summed E-state index contributed by atoms with van der Waals surface area (Å²) in [6.45, 7) is 0.377. The Hall–Kier alpha value is -2.65. The minimum Gasteiger partial charge on any atom is -0.486 e. The molecule has 1 aliphatic heterocycles. The van der Waals surface area contributed by atoms with Crippen molar-refractivity contribution in [2.24, 2.45) is 0 Å². The molecule has 1 aromatic carbocycles. The zero-order valence-electron chi connectivity index (χ0n) is 15.2. The van der Waals surface area contributed by atoms with Crippen LogP contribution in [0.3, 0.4) is 0 Å². The van der Waals surface area contributed by atoms with Crippen LogP contribution >= 0.6 is 0 Å². The van der Waals surface area contributed by atoms with Crippen LogP contribution in [0.25, 0.3) is 0 Å². The van der Waals surface area contributed by atoms with Crippen LogP contribution in [0.2, 0.25) is 0 Å². The third kappa shape index (κ3) is 3.92. The van der Waals surface area contributed by atoms with Gasteiger partial charge in [0.1, 0.15) is 35.2 Å². The van der Waals surface area contributed by atoms with Gasteiger partial charge in [-0.1, -0.05) is 0 Å². The van der Waals surface area contributed by atoms with Gasteiger partial charge in [-0.15, -0.1) is 0 Å². The molecule has 0 aliphatic carbocycles. The number of rotatable bonds is 5. The lowest BCUT2D eigenvalue weighted by Crippen LogP contribution is -2.53. The highest BCUT2D eigenvalue weighted by atomic mass is 32.2. The summed E-state index contributed by atoms with van der Waals surface area (Å²) in [4.78, 5) is 3.56. The maximum Gasteiger partial charge on any atom is 0.260 e. The highest BCUT2D eigenvalue weighted by Gasteiger charge is 2.54. The van der Waals surface area contributed by atoms with Crippen molar-refractivity contribution in [3.8, 4) is 11.8 Å². The average molecular weight is 425 g/mol. The van der Waals surface area contributed by atoms with Gasteiger partial charge in [-0.3, -0.25) is 0 Å². The van der Waals surface area contributed by atoms with Crippen molar-refractivity contribution in [1.29, 1.82) is 5.26 Å². The molecule has 0 amide bonds. The lowest BCUT2D eigenvalue weighted by Gasteiger charge is -2.31. The van der Waals surface area contributed by atoms with E-state index in [0.717, 1.165) is 28.7 Å². The molecule has 11 heteroatoms. The smallest absolute Gasteiger partial charge is 0.260 e. The van der Waals surface area contributed by atoms with Crippen molar-refractivity contribution in [1.82, 2.24) is 9.29 Å². The molecule has 2 aromatic rings. The van der Waals surface area contributed by atoms with Crippen molar-refractivity contribution in [3.05, 3.63) is 53.7 Å². The van der Waals surface area contributed by atoms with Gasteiger partial charge in [-0.25, -0.2) is 22.2 Å². The summed E-state index contributed by atoms with van der Waals surface area (Å²) >= 11 is 0. The van der Waals surface area contributed by atoms with E-state index >= 15 is 0 Å². The summed E-state index contributed by atoms with van der Waals surface area (Å²) in [5, 5.41) is 29.3. The average Bonchev–Trinajstić information content (AvgIpc) is 3.01. The molecule has 1 saturated heterocycles. The van der Waals surface area contributed by atoms with Gasteiger partial charge in [0.2, 0.25) is 0 Å². The van der Waals surface area contributed by atoms with Crippen molar-refractivity contribution in [2.45, 2.75) is 29.8 Å². The van der Waals surface area contributed by atoms with E-state index in [2.05, 4.69) is 4.98 Å². The van der Waals surface area contributed by atoms with E-state index < -0.39 is 51.0 Å². The Morgan fingerprint density at radius 2 is 2.10 bits per heavy atom. The van der Waals surface area contributed by atoms with Gasteiger partial charge in [-0.05, 0) is 31.2 Å². The van der Waals surface area contributed by atoms with Crippen molar-refractivity contribution < 1.29 is 32.1 Å². The molecule has 1 aliphatic rings. The zero-order chi connectivity index (χ0) is 21.4. The van der Waals surface area contributed by atoms with Gasteiger partial charge in [0.15, 0.2) is 5.03 Å². The Morgan fingerprint density at radius 1 is 1.38 bits per heavy atom. The molecule has 0 saturated carbocycles. The predicted molar refractivity (Wildman–Crippen MR) is 95.1 cm³/mol. The summed E-state index contributed by atoms with van der Waals surface area (Å²) in [7, 11) is -4.22. The molecule has 2 N–H and O–H groups in total. The summed E-state index contributed by atoms with van der Waals surface area (Å²) in [5.74, 6) is -1.61. The van der Waals surface area contributed by atoms with Crippen LogP contribution in [0, 0.1) is 23.0 Å². The monoisotopic (exact) mass is 425 g/mol. The predicted octanol–water partition coefficient (Wildman–Crippen LogP) is 0.795. The number of aromatic nitrogens is 1. The summed E-state index contributed by atoms with van der Waals surface area (Å²) in [5.41, 5.74) is -2.21. The number of aliphatic hydroxyl groups excluding tert-OH is 1. The maximum atomic E-state index is 13.8. The number of hydrogen-bond donors (Lipinski definition) is 2. The van der Waals surface area contributed by atoms with Gasteiger partial charge >= 0.3 is 0 Å². The molecule has 0 unspecified atom stereocenters. The van der Waals surface area contributed by atoms with Crippen LogP contribution in [0.1, 0.15) is 12.5 Å². The summed E-state index contributed by atoms with van der Waals surface area (Å²) in [6.07, 6.45) is -1.89. The second-order valence-electron chi connectivity index (χ2n) is 6.64. The van der Waals surface area contributed by atoms with E-state index in [0.29, 0.717) is 0 Å². The largest absolute Gasteiger partial charge is 0.486 e. The van der Waals surface area contributed by atoms with Gasteiger partial charge in [-0.2, -0.15) is 9.57 Å². The van der Waals surface area contributed by atoms with E-state index in [4.69, 9.17) is 10.00 Å². The minimum atomic E-state index is -4.22. The molecule has 8 nitrogen and oxygen atoms in total. The quantitative estimate of drug-likeness (QED) is 0.726. The molecule has 1 fully saturated rings. The molecule has 0 bridgehead atoms. The van der Waals surface area contributed by atoms with Crippen molar-refractivity contribution >= 4 is 10.0 Å². The highest BCUT2D eigenvalue weighted by Crippen LogP contribution is 2.33. The second-order valence-corrected chi connectivity index (χ2v) is 8.52. The molecule has 2 heterocycles. The zero-order valence-corrected chi connectivity index (χ0v) is 16.0. The lowest BCUT2D eigenvalue weighted by atomic mass is 9.94. The van der Waals surface area contributed by atoms with Crippen molar-refractivity contribution in [2.75, 3.05) is 13.1 Å². The van der Waals surface area contributed by atoms with E-state index in [1.807, 2.05) is 0 Å². The summed E-state index contributed by atoms with van der Waals surface area (Å²) < 4.78 is 58.9. The van der Waals surface area contributed by atoms with Gasteiger partial charge in [0.25, 0.3) is 10.0 Å². The first-order valence-electron chi connectivity index (χ1n) is 8.46. The molecular formula is C18H17F2N3O5S. The van der Waals surface area contributed by atoms with Crippen LogP contribution in [-0.4, -0.2) is 58.8 Å². The minimum absolute atomic E-state index is 0.0512. The van der Waals surface area contributed by atoms with Gasteiger partial charge in [0, 0.05) is 12.6 Å². The maximum absolute atomic E-state index is 13.8. The van der Waals surface area contributed by atoms with E-state index in [1.54, 1.807) is 6.07 Å². The first kappa shape index (κ1) is 21.1.